The Balaban J connectivity index is 2.20. The van der Waals surface area contributed by atoms with Crippen LogP contribution >= 0.6 is 0 Å². The Morgan fingerprint density at radius 2 is 1.90 bits per heavy atom. The zero-order valence-corrected chi connectivity index (χ0v) is 11.4. The smallest absolute Gasteiger partial charge is 0.174 e. The second-order valence-electron chi connectivity index (χ2n) is 4.63. The van der Waals surface area contributed by atoms with E-state index in [0.717, 1.165) is 22.5 Å². The Hall–Kier alpha value is -2.73. The Labute approximate surface area is 121 Å². The molecule has 0 amide bonds. The highest BCUT2D eigenvalue weighted by Crippen LogP contribution is 2.35. The molecule has 0 aliphatic carbocycles. The zero-order valence-electron chi connectivity index (χ0n) is 11.4. The van der Waals surface area contributed by atoms with Gasteiger partial charge in [-0.15, -0.1) is 0 Å². The van der Waals surface area contributed by atoms with Crippen LogP contribution in [0.5, 0.6) is 0 Å². The van der Waals surface area contributed by atoms with Crippen LogP contribution in [-0.2, 0) is 0 Å². The van der Waals surface area contributed by atoms with E-state index in [0.29, 0.717) is 5.82 Å². The van der Waals surface area contributed by atoms with Gasteiger partial charge in [-0.25, -0.2) is 10.2 Å². The Kier molecular flexibility index (Phi) is 3.37. The number of hydrogen-bond donors (Lipinski definition) is 2. The van der Waals surface area contributed by atoms with E-state index in [1.807, 2.05) is 18.2 Å². The van der Waals surface area contributed by atoms with Crippen molar-refractivity contribution in [3.8, 4) is 22.5 Å². The first-order valence-corrected chi connectivity index (χ1v) is 6.41. The molecular formula is C15H14FN5. The van der Waals surface area contributed by atoms with Gasteiger partial charge in [0.05, 0.1) is 17.0 Å². The lowest BCUT2D eigenvalue weighted by Crippen LogP contribution is -2.26. The number of nitrogens with two attached hydrogens (primary N) is 1. The molecule has 0 aliphatic rings. The molecule has 0 saturated heterocycles. The number of hydrazine groups is 1. The van der Waals surface area contributed by atoms with Gasteiger partial charge in [-0.1, -0.05) is 6.07 Å². The Morgan fingerprint density at radius 3 is 2.52 bits per heavy atom. The quantitative estimate of drug-likeness (QED) is 0.572. The van der Waals surface area contributed by atoms with Crippen LogP contribution in [0.4, 0.5) is 10.2 Å². The molecule has 0 radical (unpaired) electrons. The highest BCUT2D eigenvalue weighted by molar-refractivity contribution is 5.87. The zero-order chi connectivity index (χ0) is 14.8. The lowest BCUT2D eigenvalue weighted by atomic mass is 10.0. The van der Waals surface area contributed by atoms with E-state index in [1.165, 1.54) is 17.1 Å². The molecule has 3 rings (SSSR count). The molecule has 3 N–H and O–H groups in total. The molecule has 6 heteroatoms. The molecule has 1 aromatic carbocycles. The number of pyridine rings is 1. The highest BCUT2D eigenvalue weighted by Gasteiger charge is 2.19. The molecule has 0 fully saturated rings. The van der Waals surface area contributed by atoms with Gasteiger partial charge >= 0.3 is 0 Å². The average molecular weight is 283 g/mol. The van der Waals surface area contributed by atoms with Crippen LogP contribution in [-0.4, -0.2) is 22.2 Å². The van der Waals surface area contributed by atoms with Crippen LogP contribution in [0.3, 0.4) is 0 Å². The SMILES string of the molecule is CN(N)c1n[nH]c(-c2ccc(F)cc2)c1-c1ccccn1. The fourth-order valence-corrected chi connectivity index (χ4v) is 2.17. The first kappa shape index (κ1) is 13.3. The monoisotopic (exact) mass is 283 g/mol. The Morgan fingerprint density at radius 1 is 1.14 bits per heavy atom. The number of hydrogen-bond acceptors (Lipinski definition) is 4. The van der Waals surface area contributed by atoms with E-state index in [1.54, 1.807) is 25.4 Å². The second-order valence-corrected chi connectivity index (χ2v) is 4.63. The summed E-state index contributed by atoms with van der Waals surface area (Å²) in [6.07, 6.45) is 1.71. The summed E-state index contributed by atoms with van der Waals surface area (Å²) in [7, 11) is 1.71. The van der Waals surface area contributed by atoms with Gasteiger partial charge in [0.15, 0.2) is 5.82 Å². The van der Waals surface area contributed by atoms with E-state index in [9.17, 15) is 4.39 Å². The van der Waals surface area contributed by atoms with Crippen LogP contribution in [0.2, 0.25) is 0 Å². The summed E-state index contributed by atoms with van der Waals surface area (Å²) in [6, 6.07) is 11.8. The number of nitrogens with zero attached hydrogens (tertiary/aromatic N) is 3. The number of H-pyrrole nitrogens is 1. The maximum Gasteiger partial charge on any atom is 0.174 e. The number of nitrogens with one attached hydrogen (secondary N) is 1. The largest absolute Gasteiger partial charge is 0.296 e. The number of halogens is 1. The number of rotatable bonds is 3. The van der Waals surface area contributed by atoms with Crippen molar-refractivity contribution in [2.24, 2.45) is 5.84 Å². The molecule has 0 saturated carbocycles. The van der Waals surface area contributed by atoms with E-state index in [2.05, 4.69) is 15.2 Å². The number of benzene rings is 1. The molecule has 21 heavy (non-hydrogen) atoms. The summed E-state index contributed by atoms with van der Waals surface area (Å²) in [6.45, 7) is 0. The first-order chi connectivity index (χ1) is 10.2. The normalized spacial score (nSPS) is 10.6. The summed E-state index contributed by atoms with van der Waals surface area (Å²) in [5.74, 6) is 6.12. The van der Waals surface area contributed by atoms with Crippen molar-refractivity contribution >= 4 is 5.82 Å². The fraction of sp³-hybridized carbons (Fsp3) is 0.0667. The first-order valence-electron chi connectivity index (χ1n) is 6.41. The van der Waals surface area contributed by atoms with Gasteiger partial charge in [0.1, 0.15) is 5.82 Å². The van der Waals surface area contributed by atoms with Crippen molar-refractivity contribution in [2.45, 2.75) is 0 Å². The van der Waals surface area contributed by atoms with Gasteiger partial charge in [-0.05, 0) is 36.4 Å². The minimum absolute atomic E-state index is 0.284. The van der Waals surface area contributed by atoms with Crippen LogP contribution < -0.4 is 10.9 Å². The van der Waals surface area contributed by atoms with Crippen molar-refractivity contribution in [2.75, 3.05) is 12.1 Å². The molecule has 3 aromatic rings. The average Bonchev–Trinajstić information content (AvgIpc) is 2.94. The Bertz CT molecular complexity index is 735. The van der Waals surface area contributed by atoms with Crippen LogP contribution in [0.1, 0.15) is 0 Å². The molecule has 0 bridgehead atoms. The molecule has 5 nitrogen and oxygen atoms in total. The molecule has 0 spiro atoms. The molecule has 2 aromatic heterocycles. The van der Waals surface area contributed by atoms with E-state index >= 15 is 0 Å². The van der Waals surface area contributed by atoms with Gasteiger partial charge in [0.25, 0.3) is 0 Å². The minimum atomic E-state index is -0.284. The molecular weight excluding hydrogens is 269 g/mol. The summed E-state index contributed by atoms with van der Waals surface area (Å²) in [5, 5.41) is 8.61. The van der Waals surface area contributed by atoms with Gasteiger partial charge in [0, 0.05) is 18.8 Å². The van der Waals surface area contributed by atoms with Crippen LogP contribution in [0.15, 0.2) is 48.7 Å². The number of anilines is 1. The molecule has 0 aliphatic heterocycles. The van der Waals surface area contributed by atoms with Gasteiger partial charge in [-0.2, -0.15) is 5.10 Å². The van der Waals surface area contributed by atoms with Crippen molar-refractivity contribution in [1.82, 2.24) is 15.2 Å². The summed E-state index contributed by atoms with van der Waals surface area (Å²) in [4.78, 5) is 4.35. The van der Waals surface area contributed by atoms with Gasteiger partial charge < -0.3 is 0 Å². The third-order valence-corrected chi connectivity index (χ3v) is 3.14. The third-order valence-electron chi connectivity index (χ3n) is 3.14. The topological polar surface area (TPSA) is 70.8 Å². The van der Waals surface area contributed by atoms with Crippen molar-refractivity contribution < 1.29 is 4.39 Å². The maximum atomic E-state index is 13.1. The third kappa shape index (κ3) is 2.48. The van der Waals surface area contributed by atoms with Crippen molar-refractivity contribution in [3.63, 3.8) is 0 Å². The molecule has 2 heterocycles. The fourth-order valence-electron chi connectivity index (χ4n) is 2.17. The standard InChI is InChI=1S/C15H14FN5/c1-21(17)15-13(12-4-2-3-9-18-12)14(19-20-15)10-5-7-11(16)8-6-10/h2-9H,17H2,1H3,(H,19,20). The van der Waals surface area contributed by atoms with E-state index in [-0.39, 0.29) is 5.82 Å². The lowest BCUT2D eigenvalue weighted by Gasteiger charge is -2.11. The summed E-state index contributed by atoms with van der Waals surface area (Å²) >= 11 is 0. The molecule has 0 unspecified atom stereocenters. The van der Waals surface area contributed by atoms with Gasteiger partial charge in [0.2, 0.25) is 0 Å². The van der Waals surface area contributed by atoms with Crippen LogP contribution in [0, 0.1) is 5.82 Å². The highest BCUT2D eigenvalue weighted by atomic mass is 19.1. The maximum absolute atomic E-state index is 13.1. The number of aromatic nitrogens is 3. The predicted octanol–water partition coefficient (Wildman–Crippen LogP) is 2.59. The molecule has 106 valence electrons. The second kappa shape index (κ2) is 5.34. The predicted molar refractivity (Wildman–Crippen MR) is 79.8 cm³/mol. The van der Waals surface area contributed by atoms with Gasteiger partial charge in [-0.3, -0.25) is 15.1 Å². The number of aromatic amines is 1. The van der Waals surface area contributed by atoms with E-state index < -0.39 is 0 Å². The minimum Gasteiger partial charge on any atom is -0.296 e. The summed E-state index contributed by atoms with van der Waals surface area (Å²) in [5.41, 5.74) is 3.10. The summed E-state index contributed by atoms with van der Waals surface area (Å²) < 4.78 is 13.1. The molecule has 0 atom stereocenters. The van der Waals surface area contributed by atoms with Crippen LogP contribution in [0.25, 0.3) is 22.5 Å². The van der Waals surface area contributed by atoms with Crippen molar-refractivity contribution in [1.29, 1.82) is 0 Å². The van der Waals surface area contributed by atoms with E-state index in [4.69, 9.17) is 5.84 Å². The lowest BCUT2D eigenvalue weighted by molar-refractivity contribution is 0.628. The van der Waals surface area contributed by atoms with Crippen molar-refractivity contribution in [3.05, 3.63) is 54.5 Å².